The molecule has 1 unspecified atom stereocenters. The highest BCUT2D eigenvalue weighted by Crippen LogP contribution is 2.56. The molecule has 1 N–H and O–H groups in total. The lowest BCUT2D eigenvalue weighted by Gasteiger charge is -2.30. The molecular formula is C21H25ClN4O2S. The van der Waals surface area contributed by atoms with E-state index in [4.69, 9.17) is 0 Å². The average molecular weight is 433 g/mol. The van der Waals surface area contributed by atoms with Crippen molar-refractivity contribution >= 4 is 35.6 Å². The van der Waals surface area contributed by atoms with Gasteiger partial charge in [-0.2, -0.15) is 0 Å². The van der Waals surface area contributed by atoms with Crippen molar-refractivity contribution in [3.8, 4) is 0 Å². The first-order chi connectivity index (χ1) is 13.7. The number of carbonyl (C=O) groups is 2. The van der Waals surface area contributed by atoms with Crippen LogP contribution in [0.4, 0.5) is 0 Å². The largest absolute Gasteiger partial charge is 0.317 e. The van der Waals surface area contributed by atoms with Gasteiger partial charge in [0.25, 0.3) is 11.8 Å². The Morgan fingerprint density at radius 2 is 1.86 bits per heavy atom. The average Bonchev–Trinajstić information content (AvgIpc) is 3.06. The maximum absolute atomic E-state index is 12.7. The highest BCUT2D eigenvalue weighted by atomic mass is 35.5. The van der Waals surface area contributed by atoms with Crippen LogP contribution in [0.1, 0.15) is 45.0 Å². The molecule has 1 saturated carbocycles. The number of halogens is 1. The molecule has 5 rings (SSSR count). The third-order valence-corrected chi connectivity index (χ3v) is 7.26. The number of amides is 2. The van der Waals surface area contributed by atoms with E-state index in [9.17, 15) is 9.59 Å². The normalized spacial score (nSPS) is 22.1. The van der Waals surface area contributed by atoms with Gasteiger partial charge in [-0.05, 0) is 49.9 Å². The van der Waals surface area contributed by atoms with Crippen molar-refractivity contribution in [2.75, 3.05) is 26.2 Å². The number of hydrogen-bond donors (Lipinski definition) is 1. The Morgan fingerprint density at radius 1 is 1.17 bits per heavy atom. The van der Waals surface area contributed by atoms with Gasteiger partial charge < -0.3 is 5.32 Å². The summed E-state index contributed by atoms with van der Waals surface area (Å²) < 4.78 is 0. The Morgan fingerprint density at radius 3 is 2.48 bits per heavy atom. The first-order valence-electron chi connectivity index (χ1n) is 9.96. The van der Waals surface area contributed by atoms with Crippen molar-refractivity contribution in [3.05, 3.63) is 52.0 Å². The summed E-state index contributed by atoms with van der Waals surface area (Å²) in [5, 5.41) is 6.56. The van der Waals surface area contributed by atoms with E-state index in [1.165, 1.54) is 24.2 Å². The van der Waals surface area contributed by atoms with Crippen LogP contribution < -0.4 is 5.32 Å². The predicted molar refractivity (Wildman–Crippen MR) is 115 cm³/mol. The van der Waals surface area contributed by atoms with E-state index in [0.717, 1.165) is 24.6 Å². The zero-order chi connectivity index (χ0) is 19.1. The van der Waals surface area contributed by atoms with Crippen LogP contribution >= 0.6 is 23.7 Å². The number of piperidine rings is 1. The summed E-state index contributed by atoms with van der Waals surface area (Å²) in [7, 11) is 0. The second-order valence-electron chi connectivity index (χ2n) is 8.04. The van der Waals surface area contributed by atoms with Crippen LogP contribution in [0.5, 0.6) is 0 Å². The van der Waals surface area contributed by atoms with Crippen molar-refractivity contribution in [1.82, 2.24) is 20.1 Å². The molecule has 0 radical (unpaired) electrons. The molecule has 2 aromatic rings. The number of aromatic nitrogens is 1. The third kappa shape index (κ3) is 3.72. The minimum atomic E-state index is -0.165. The van der Waals surface area contributed by atoms with Gasteiger partial charge in [0.2, 0.25) is 0 Å². The molecule has 1 aliphatic carbocycles. The Kier molecular flexibility index (Phi) is 5.75. The fourth-order valence-corrected chi connectivity index (χ4v) is 5.47. The molecule has 154 valence electrons. The molecule has 29 heavy (non-hydrogen) atoms. The van der Waals surface area contributed by atoms with Gasteiger partial charge in [-0.15, -0.1) is 23.7 Å². The van der Waals surface area contributed by atoms with Crippen molar-refractivity contribution in [2.24, 2.45) is 5.41 Å². The van der Waals surface area contributed by atoms with Gasteiger partial charge in [-0.1, -0.05) is 12.1 Å². The molecular weight excluding hydrogens is 408 g/mol. The molecule has 1 aromatic carbocycles. The molecule has 2 amide bonds. The zero-order valence-corrected chi connectivity index (χ0v) is 17.8. The molecule has 6 nitrogen and oxygen atoms in total. The minimum absolute atomic E-state index is 0. The Labute approximate surface area is 180 Å². The summed E-state index contributed by atoms with van der Waals surface area (Å²) >= 11 is 1.67. The molecule has 0 bridgehead atoms. The number of rotatable bonds is 6. The quantitative estimate of drug-likeness (QED) is 0.711. The molecule has 1 aromatic heterocycles. The first kappa shape index (κ1) is 20.5. The highest BCUT2D eigenvalue weighted by molar-refractivity contribution is 7.09. The number of hydrogen-bond acceptors (Lipinski definition) is 6. The lowest BCUT2D eigenvalue weighted by Crippen LogP contribution is -2.41. The van der Waals surface area contributed by atoms with Crippen molar-refractivity contribution < 1.29 is 9.59 Å². The van der Waals surface area contributed by atoms with Gasteiger partial charge in [-0.25, -0.2) is 4.98 Å². The number of thiazole rings is 1. The van der Waals surface area contributed by atoms with Crippen LogP contribution in [0.15, 0.2) is 35.8 Å². The van der Waals surface area contributed by atoms with Gasteiger partial charge in [-0.3, -0.25) is 19.4 Å². The van der Waals surface area contributed by atoms with Crippen LogP contribution in [-0.4, -0.2) is 58.8 Å². The summed E-state index contributed by atoms with van der Waals surface area (Å²) in [4.78, 5) is 33.7. The number of nitrogens with one attached hydrogen (secondary N) is 1. The molecule has 2 aliphatic heterocycles. The van der Waals surface area contributed by atoms with Crippen LogP contribution in [0.3, 0.4) is 0 Å². The SMILES string of the molecule is Cl.O=C1c2ccccc2C(=O)N1CCN(Cc1nccs1)C1CC12CCNCC2. The van der Waals surface area contributed by atoms with Gasteiger partial charge in [0.05, 0.1) is 17.7 Å². The minimum Gasteiger partial charge on any atom is -0.317 e. The van der Waals surface area contributed by atoms with Crippen LogP contribution in [0, 0.1) is 5.41 Å². The van der Waals surface area contributed by atoms with Gasteiger partial charge in [0, 0.05) is 30.7 Å². The van der Waals surface area contributed by atoms with E-state index in [1.54, 1.807) is 23.5 Å². The lowest BCUT2D eigenvalue weighted by molar-refractivity contribution is 0.0626. The molecule has 8 heteroatoms. The molecule has 1 atom stereocenters. The van der Waals surface area contributed by atoms with E-state index in [-0.39, 0.29) is 24.2 Å². The summed E-state index contributed by atoms with van der Waals surface area (Å²) in [6.45, 7) is 4.09. The third-order valence-electron chi connectivity index (χ3n) is 6.50. The number of imide groups is 1. The number of fused-ring (bicyclic) bond motifs is 1. The number of benzene rings is 1. The Bertz CT molecular complexity index is 863. The Balaban J connectivity index is 0.00000205. The molecule has 1 saturated heterocycles. The second-order valence-corrected chi connectivity index (χ2v) is 9.02. The van der Waals surface area contributed by atoms with E-state index in [1.807, 2.05) is 23.7 Å². The fraction of sp³-hybridized carbons (Fsp3) is 0.476. The smallest absolute Gasteiger partial charge is 0.261 e. The van der Waals surface area contributed by atoms with Gasteiger partial charge in [0.15, 0.2) is 0 Å². The van der Waals surface area contributed by atoms with Crippen molar-refractivity contribution in [2.45, 2.75) is 31.8 Å². The van der Waals surface area contributed by atoms with E-state index >= 15 is 0 Å². The number of carbonyl (C=O) groups excluding carboxylic acids is 2. The monoisotopic (exact) mass is 432 g/mol. The summed E-state index contributed by atoms with van der Waals surface area (Å²) in [6, 6.07) is 7.64. The Hall–Kier alpha value is -1.80. The van der Waals surface area contributed by atoms with Gasteiger partial charge >= 0.3 is 0 Å². The molecule has 2 fully saturated rings. The number of nitrogens with zero attached hydrogens (tertiary/aromatic N) is 3. The maximum atomic E-state index is 12.7. The van der Waals surface area contributed by atoms with Crippen LogP contribution in [0.25, 0.3) is 0 Å². The zero-order valence-electron chi connectivity index (χ0n) is 16.2. The molecule has 1 spiro atoms. The standard InChI is InChI=1S/C21H24N4O2S.ClH/c26-19-15-3-1-2-4-16(15)20(27)25(19)11-10-24(14-18-23-9-12-28-18)17-13-21(17)5-7-22-8-6-21;/h1-4,9,12,17,22H,5-8,10-11,13-14H2;1H. The predicted octanol–water partition coefficient (Wildman–Crippen LogP) is 2.81. The summed E-state index contributed by atoms with van der Waals surface area (Å²) in [5.41, 5.74) is 1.46. The van der Waals surface area contributed by atoms with E-state index < -0.39 is 0 Å². The van der Waals surface area contributed by atoms with E-state index in [2.05, 4.69) is 15.2 Å². The first-order valence-corrected chi connectivity index (χ1v) is 10.8. The van der Waals surface area contributed by atoms with Gasteiger partial charge in [0.1, 0.15) is 5.01 Å². The maximum Gasteiger partial charge on any atom is 0.261 e. The lowest BCUT2D eigenvalue weighted by atomic mass is 9.93. The van der Waals surface area contributed by atoms with Crippen molar-refractivity contribution in [3.63, 3.8) is 0 Å². The summed E-state index contributed by atoms with van der Waals surface area (Å²) in [5.74, 6) is -0.329. The summed E-state index contributed by atoms with van der Waals surface area (Å²) in [6.07, 6.45) is 5.47. The topological polar surface area (TPSA) is 65.5 Å². The van der Waals surface area contributed by atoms with Crippen LogP contribution in [-0.2, 0) is 6.54 Å². The fourth-order valence-electron chi connectivity index (χ4n) is 4.83. The van der Waals surface area contributed by atoms with Crippen molar-refractivity contribution in [1.29, 1.82) is 0 Å². The van der Waals surface area contributed by atoms with E-state index in [0.29, 0.717) is 35.7 Å². The highest BCUT2D eigenvalue weighted by Gasteiger charge is 2.56. The van der Waals surface area contributed by atoms with Crippen LogP contribution in [0.2, 0.25) is 0 Å². The molecule has 3 aliphatic rings. The molecule has 3 heterocycles. The second kappa shape index (κ2) is 8.14.